The molecule has 0 heterocycles. The highest BCUT2D eigenvalue weighted by Crippen LogP contribution is 2.15. The molecule has 1 atom stereocenters. The molecule has 0 aliphatic heterocycles. The molecule has 0 N–H and O–H groups in total. The molecule has 0 saturated carbocycles. The Morgan fingerprint density at radius 2 is 0.750 bits per heavy atom. The fourth-order valence-corrected chi connectivity index (χ4v) is 7.50. The molecule has 0 aromatic carbocycles. The average molecular weight is 841 g/mol. The van der Waals surface area contributed by atoms with Gasteiger partial charge in [0.1, 0.15) is 6.61 Å². The highest BCUT2D eigenvalue weighted by molar-refractivity contribution is 5.70. The zero-order valence-corrected chi connectivity index (χ0v) is 40.2. The number of esters is 2. The van der Waals surface area contributed by atoms with E-state index in [1.54, 1.807) is 0 Å². The van der Waals surface area contributed by atoms with Gasteiger partial charge in [0.05, 0.1) is 6.61 Å². The Morgan fingerprint density at radius 3 is 1.20 bits per heavy atom. The molecule has 0 fully saturated rings. The fraction of sp³-hybridized carbons (Fsp3) is 0.818. The number of carbonyl (C=O) groups excluding carboxylic acids is 2. The predicted molar refractivity (Wildman–Crippen MR) is 261 cm³/mol. The third kappa shape index (κ3) is 48.5. The van der Waals surface area contributed by atoms with Crippen LogP contribution in [0, 0.1) is 0 Å². The van der Waals surface area contributed by atoms with Crippen LogP contribution in [0.15, 0.2) is 48.6 Å². The Morgan fingerprint density at radius 1 is 0.383 bits per heavy atom. The van der Waals surface area contributed by atoms with E-state index in [2.05, 4.69) is 69.4 Å². The van der Waals surface area contributed by atoms with E-state index in [1.807, 2.05) is 0 Å². The predicted octanol–water partition coefficient (Wildman–Crippen LogP) is 17.6. The molecule has 0 rings (SSSR count). The summed E-state index contributed by atoms with van der Waals surface area (Å²) < 4.78 is 17.4. The minimum atomic E-state index is -0.536. The van der Waals surface area contributed by atoms with E-state index in [0.29, 0.717) is 19.4 Å². The highest BCUT2D eigenvalue weighted by atomic mass is 16.6. The molecule has 350 valence electrons. The molecule has 5 nitrogen and oxygen atoms in total. The summed E-state index contributed by atoms with van der Waals surface area (Å²) >= 11 is 0. The Bertz CT molecular complexity index is 997. The van der Waals surface area contributed by atoms with Crippen LogP contribution >= 0.6 is 0 Å². The summed E-state index contributed by atoms with van der Waals surface area (Å²) in [7, 11) is 0. The van der Waals surface area contributed by atoms with Gasteiger partial charge in [-0.2, -0.15) is 0 Å². The quantitative estimate of drug-likeness (QED) is 0.0347. The average Bonchev–Trinajstić information content (AvgIpc) is 3.25. The molecule has 0 bridgehead atoms. The van der Waals surface area contributed by atoms with Crippen LogP contribution in [0.2, 0.25) is 0 Å². The lowest BCUT2D eigenvalue weighted by atomic mass is 10.0. The van der Waals surface area contributed by atoms with Gasteiger partial charge in [0.15, 0.2) is 6.10 Å². The van der Waals surface area contributed by atoms with Gasteiger partial charge >= 0.3 is 11.9 Å². The number of hydrogen-bond donors (Lipinski definition) is 0. The normalized spacial score (nSPS) is 12.5. The summed E-state index contributed by atoms with van der Waals surface area (Å²) in [6, 6.07) is 0. The fourth-order valence-electron chi connectivity index (χ4n) is 7.50. The number of ether oxygens (including phenoxy) is 3. The maximum atomic E-state index is 12.8. The molecule has 0 aromatic heterocycles. The van der Waals surface area contributed by atoms with Crippen molar-refractivity contribution in [1.29, 1.82) is 0 Å². The highest BCUT2D eigenvalue weighted by Gasteiger charge is 2.17. The first-order chi connectivity index (χ1) is 29.6. The topological polar surface area (TPSA) is 61.8 Å². The maximum absolute atomic E-state index is 12.8. The monoisotopic (exact) mass is 841 g/mol. The van der Waals surface area contributed by atoms with Crippen molar-refractivity contribution in [3.8, 4) is 0 Å². The Hall–Kier alpha value is -2.14. The summed E-state index contributed by atoms with van der Waals surface area (Å²) in [4.78, 5) is 25.4. The van der Waals surface area contributed by atoms with Gasteiger partial charge in [-0.25, -0.2) is 0 Å². The first-order valence-corrected chi connectivity index (χ1v) is 26.2. The summed E-state index contributed by atoms with van der Waals surface area (Å²) in [5.74, 6) is -0.401. The second kappa shape index (κ2) is 51.2. The standard InChI is InChI=1S/C55H100O5/c1-4-7-10-13-16-19-22-24-26-27-28-29-30-31-34-36-39-42-45-48-54(56)59-52-53(60-55(57)49-46-43-40-37-33-21-18-15-12-9-6-3)51-58-50-47-44-41-38-35-32-25-23-20-17-14-11-8-5-2/h7,10,16,19,24,26,28-29,53H,4-6,8-9,11-15,17-18,20-23,25,27,30-52H2,1-3H3/b10-7-,19-16-,26-24-,29-28-. The largest absolute Gasteiger partial charge is 0.462 e. The van der Waals surface area contributed by atoms with Crippen LogP contribution in [0.4, 0.5) is 0 Å². The van der Waals surface area contributed by atoms with Crippen LogP contribution in [0.5, 0.6) is 0 Å². The maximum Gasteiger partial charge on any atom is 0.306 e. The van der Waals surface area contributed by atoms with Gasteiger partial charge in [-0.1, -0.05) is 243 Å². The second-order valence-corrected chi connectivity index (χ2v) is 17.4. The molecule has 0 spiro atoms. The number of rotatable bonds is 48. The summed E-state index contributed by atoms with van der Waals surface area (Å²) in [6.07, 6.45) is 62.6. The Labute approximate surface area is 373 Å². The van der Waals surface area contributed by atoms with E-state index in [4.69, 9.17) is 14.2 Å². The molecule has 0 aliphatic carbocycles. The van der Waals surface area contributed by atoms with Crippen LogP contribution < -0.4 is 0 Å². The first kappa shape index (κ1) is 57.9. The number of allylic oxidation sites excluding steroid dienone is 8. The summed E-state index contributed by atoms with van der Waals surface area (Å²) in [5.41, 5.74) is 0. The first-order valence-electron chi connectivity index (χ1n) is 26.2. The zero-order valence-electron chi connectivity index (χ0n) is 40.2. The van der Waals surface area contributed by atoms with Crippen LogP contribution in [0.1, 0.15) is 265 Å². The van der Waals surface area contributed by atoms with Crippen LogP contribution in [-0.4, -0.2) is 37.9 Å². The van der Waals surface area contributed by atoms with Crippen molar-refractivity contribution in [2.45, 2.75) is 271 Å². The molecule has 0 radical (unpaired) electrons. The molecule has 0 amide bonds. The molecular weight excluding hydrogens is 741 g/mol. The molecule has 0 aromatic rings. The van der Waals surface area contributed by atoms with Gasteiger partial charge < -0.3 is 14.2 Å². The lowest BCUT2D eigenvalue weighted by Gasteiger charge is -2.18. The minimum Gasteiger partial charge on any atom is -0.462 e. The molecule has 5 heteroatoms. The third-order valence-corrected chi connectivity index (χ3v) is 11.4. The molecule has 60 heavy (non-hydrogen) atoms. The SMILES string of the molecule is CC/C=C\C/C=C\C/C=C\C/C=C\CCCCCCCCC(=O)OCC(COCCCCCCCCCCCCCCCC)OC(=O)CCCCCCCCCCCCC. The molecular formula is C55H100O5. The van der Waals surface area contributed by atoms with Crippen molar-refractivity contribution >= 4 is 11.9 Å². The van der Waals surface area contributed by atoms with Crippen LogP contribution in [-0.2, 0) is 23.8 Å². The smallest absolute Gasteiger partial charge is 0.306 e. The Kier molecular flexibility index (Phi) is 49.4. The molecule has 1 unspecified atom stereocenters. The van der Waals surface area contributed by atoms with Crippen molar-refractivity contribution in [2.24, 2.45) is 0 Å². The lowest BCUT2D eigenvalue weighted by Crippen LogP contribution is -2.30. The van der Waals surface area contributed by atoms with Crippen LogP contribution in [0.3, 0.4) is 0 Å². The summed E-state index contributed by atoms with van der Waals surface area (Å²) in [6.45, 7) is 7.74. The Balaban J connectivity index is 4.22. The van der Waals surface area contributed by atoms with Crippen molar-refractivity contribution < 1.29 is 23.8 Å². The van der Waals surface area contributed by atoms with Crippen LogP contribution in [0.25, 0.3) is 0 Å². The number of carbonyl (C=O) groups is 2. The van der Waals surface area contributed by atoms with Gasteiger partial charge in [0.2, 0.25) is 0 Å². The van der Waals surface area contributed by atoms with E-state index in [9.17, 15) is 9.59 Å². The van der Waals surface area contributed by atoms with Gasteiger partial charge in [0, 0.05) is 19.4 Å². The van der Waals surface area contributed by atoms with Gasteiger partial charge in [-0.3, -0.25) is 9.59 Å². The third-order valence-electron chi connectivity index (χ3n) is 11.4. The second-order valence-electron chi connectivity index (χ2n) is 17.4. The number of hydrogen-bond acceptors (Lipinski definition) is 5. The van der Waals surface area contributed by atoms with Crippen molar-refractivity contribution in [1.82, 2.24) is 0 Å². The van der Waals surface area contributed by atoms with Crippen molar-refractivity contribution in [3.05, 3.63) is 48.6 Å². The van der Waals surface area contributed by atoms with Crippen molar-refractivity contribution in [2.75, 3.05) is 19.8 Å². The summed E-state index contributed by atoms with van der Waals surface area (Å²) in [5, 5.41) is 0. The molecule has 0 saturated heterocycles. The lowest BCUT2D eigenvalue weighted by molar-refractivity contribution is -0.163. The minimum absolute atomic E-state index is 0.0822. The van der Waals surface area contributed by atoms with Gasteiger partial charge in [-0.15, -0.1) is 0 Å². The van der Waals surface area contributed by atoms with Crippen molar-refractivity contribution in [3.63, 3.8) is 0 Å². The van der Waals surface area contributed by atoms with E-state index in [0.717, 1.165) is 70.6 Å². The molecule has 0 aliphatic rings. The van der Waals surface area contributed by atoms with E-state index < -0.39 is 6.10 Å². The zero-order chi connectivity index (χ0) is 43.5. The number of unbranched alkanes of at least 4 members (excludes halogenated alkanes) is 29. The van der Waals surface area contributed by atoms with E-state index in [-0.39, 0.29) is 25.2 Å². The van der Waals surface area contributed by atoms with Gasteiger partial charge in [-0.05, 0) is 57.8 Å². The van der Waals surface area contributed by atoms with Gasteiger partial charge in [0.25, 0.3) is 0 Å². The van der Waals surface area contributed by atoms with E-state index in [1.165, 1.54) is 161 Å². The van der Waals surface area contributed by atoms with E-state index >= 15 is 0 Å².